The third-order valence-corrected chi connectivity index (χ3v) is 7.81. The molecule has 0 radical (unpaired) electrons. The number of hydrogen-bond acceptors (Lipinski definition) is 7. The molecular weight excluding hydrogens is 571 g/mol. The van der Waals surface area contributed by atoms with E-state index in [-0.39, 0.29) is 29.5 Å². The normalized spacial score (nSPS) is 16.8. The number of nitrogens with zero attached hydrogens (tertiary/aromatic N) is 3. The van der Waals surface area contributed by atoms with Gasteiger partial charge in [-0.15, -0.1) is 0 Å². The molecule has 5 N–H and O–H groups in total. The molecule has 0 bridgehead atoms. The molecule has 0 saturated carbocycles. The Morgan fingerprint density at radius 1 is 1.16 bits per heavy atom. The number of pyridine rings is 1. The highest BCUT2D eigenvalue weighted by Crippen LogP contribution is 2.29. The van der Waals surface area contributed by atoms with E-state index in [1.165, 1.54) is 13.2 Å². The van der Waals surface area contributed by atoms with Gasteiger partial charge in [-0.25, -0.2) is 4.39 Å². The lowest BCUT2D eigenvalue weighted by Crippen LogP contribution is -2.58. The third-order valence-electron chi connectivity index (χ3n) is 7.50. The molecule has 1 fully saturated rings. The number of amides is 2. The number of hydrogen-bond donors (Lipinski definition) is 5. The van der Waals surface area contributed by atoms with Crippen LogP contribution in [-0.2, 0) is 11.3 Å². The molecule has 2 aromatic carbocycles. The Bertz CT molecular complexity index is 1660. The van der Waals surface area contributed by atoms with Crippen LogP contribution in [0.25, 0.3) is 22.2 Å². The molecule has 1 aliphatic rings. The van der Waals surface area contributed by atoms with Crippen LogP contribution in [0.5, 0.6) is 5.75 Å². The molecule has 2 atom stereocenters. The summed E-state index contributed by atoms with van der Waals surface area (Å²) in [6.45, 7) is 2.33. The van der Waals surface area contributed by atoms with Gasteiger partial charge in [-0.3, -0.25) is 35.4 Å². The van der Waals surface area contributed by atoms with Gasteiger partial charge in [0.25, 0.3) is 11.8 Å². The summed E-state index contributed by atoms with van der Waals surface area (Å²) in [5.74, 6) is -0.625. The zero-order valence-electron chi connectivity index (χ0n) is 24.0. The average Bonchev–Trinajstić information content (AvgIpc) is 3.44. The number of piperidine rings is 1. The first-order chi connectivity index (χ1) is 20.8. The number of benzene rings is 2. The number of carbonyl (C=O) groups is 2. The number of aromatic nitrogens is 3. The second kappa shape index (κ2) is 13.1. The highest BCUT2D eigenvalue weighted by Gasteiger charge is 2.35. The number of halogens is 1. The van der Waals surface area contributed by atoms with E-state index in [9.17, 15) is 14.0 Å². The molecule has 2 aromatic heterocycles. The Kier molecular flexibility index (Phi) is 9.12. The summed E-state index contributed by atoms with van der Waals surface area (Å²) in [6.07, 6.45) is 2.69. The number of nitrogens with one attached hydrogen (secondary N) is 5. The van der Waals surface area contributed by atoms with E-state index < -0.39 is 11.9 Å². The molecule has 11 nitrogen and oxygen atoms in total. The minimum atomic E-state index is -0.599. The standard InChI is InChI=1S/C30H33FN8O3S/c1-17-13-18(11-12-33-17)27-21-14-19(7-9-24(21)35-36-27)28(40)34-20-8-10-25(29(41)37-38-30(43)32-2)39(15-20)16-22-23(31)5-4-6-26(22)42-3/h4-7,9,11-14,20,25H,8,10,15-16H2,1-3H3,(H,34,40)(H,35,36)(H,37,41)(H2,32,38,43)/t20-,25+/m1/s1. The van der Waals surface area contributed by atoms with Gasteiger partial charge in [0, 0.05) is 60.1 Å². The summed E-state index contributed by atoms with van der Waals surface area (Å²) in [5, 5.41) is 14.4. The van der Waals surface area contributed by atoms with E-state index in [0.29, 0.717) is 36.3 Å². The highest BCUT2D eigenvalue weighted by atomic mass is 32.1. The number of methoxy groups -OCH3 is 1. The number of rotatable bonds is 7. The second-order valence-corrected chi connectivity index (χ2v) is 10.7. The topological polar surface area (TPSA) is 136 Å². The van der Waals surface area contributed by atoms with Crippen molar-refractivity contribution in [2.24, 2.45) is 0 Å². The molecule has 13 heteroatoms. The van der Waals surface area contributed by atoms with Crippen molar-refractivity contribution in [1.29, 1.82) is 0 Å². The summed E-state index contributed by atoms with van der Waals surface area (Å²) in [4.78, 5) is 32.7. The van der Waals surface area contributed by atoms with Crippen LogP contribution in [0.4, 0.5) is 4.39 Å². The molecule has 0 spiro atoms. The molecule has 1 saturated heterocycles. The van der Waals surface area contributed by atoms with E-state index in [1.807, 2.05) is 36.1 Å². The third kappa shape index (κ3) is 6.73. The molecule has 0 unspecified atom stereocenters. The highest BCUT2D eigenvalue weighted by molar-refractivity contribution is 7.80. The Labute approximate surface area is 253 Å². The summed E-state index contributed by atoms with van der Waals surface area (Å²) < 4.78 is 20.3. The number of likely N-dealkylation sites (tertiary alicyclic amines) is 1. The van der Waals surface area contributed by atoms with E-state index >= 15 is 0 Å². The number of H-pyrrole nitrogens is 1. The van der Waals surface area contributed by atoms with E-state index in [2.05, 4.69) is 36.7 Å². The molecule has 4 aromatic rings. The van der Waals surface area contributed by atoms with Crippen LogP contribution < -0.4 is 26.2 Å². The van der Waals surface area contributed by atoms with Gasteiger partial charge >= 0.3 is 0 Å². The smallest absolute Gasteiger partial charge is 0.255 e. The van der Waals surface area contributed by atoms with Gasteiger partial charge < -0.3 is 15.4 Å². The number of aromatic amines is 1. The zero-order valence-corrected chi connectivity index (χ0v) is 24.8. The lowest BCUT2D eigenvalue weighted by atomic mass is 9.96. The fourth-order valence-corrected chi connectivity index (χ4v) is 5.37. The molecule has 2 amide bonds. The first-order valence-electron chi connectivity index (χ1n) is 13.8. The van der Waals surface area contributed by atoms with E-state index in [0.717, 1.165) is 27.9 Å². The minimum absolute atomic E-state index is 0.104. The van der Waals surface area contributed by atoms with Crippen molar-refractivity contribution in [2.75, 3.05) is 20.7 Å². The van der Waals surface area contributed by atoms with Gasteiger partial charge in [0.1, 0.15) is 17.3 Å². The molecule has 5 rings (SSSR count). The molecule has 3 heterocycles. The van der Waals surface area contributed by atoms with Crippen molar-refractivity contribution in [3.8, 4) is 17.0 Å². The average molecular weight is 605 g/mol. The summed E-state index contributed by atoms with van der Waals surface area (Å²) in [6, 6.07) is 12.9. The summed E-state index contributed by atoms with van der Waals surface area (Å²) in [5.41, 5.74) is 9.40. The van der Waals surface area contributed by atoms with Crippen LogP contribution in [0.15, 0.2) is 54.7 Å². The number of aryl methyl sites for hydroxylation is 1. The van der Waals surface area contributed by atoms with Crippen LogP contribution in [0.2, 0.25) is 0 Å². The fraction of sp³-hybridized carbons (Fsp3) is 0.300. The number of hydrazine groups is 1. The summed E-state index contributed by atoms with van der Waals surface area (Å²) >= 11 is 5.06. The number of thiocarbonyl (C=S) groups is 1. The van der Waals surface area contributed by atoms with Crippen LogP contribution >= 0.6 is 12.2 Å². The van der Waals surface area contributed by atoms with Crippen molar-refractivity contribution >= 4 is 40.0 Å². The molecule has 1 aliphatic heterocycles. The van der Waals surface area contributed by atoms with Crippen molar-refractivity contribution < 1.29 is 18.7 Å². The van der Waals surface area contributed by atoms with Gasteiger partial charge in [-0.05, 0) is 74.4 Å². The van der Waals surface area contributed by atoms with Crippen molar-refractivity contribution in [3.05, 3.63) is 77.4 Å². The van der Waals surface area contributed by atoms with Gasteiger partial charge in [-0.2, -0.15) is 5.10 Å². The zero-order chi connectivity index (χ0) is 30.5. The molecule has 43 heavy (non-hydrogen) atoms. The maximum atomic E-state index is 14.9. The quantitative estimate of drug-likeness (QED) is 0.159. The van der Waals surface area contributed by atoms with Crippen molar-refractivity contribution in [3.63, 3.8) is 0 Å². The molecular formula is C30H33FN8O3S. The van der Waals surface area contributed by atoms with Gasteiger partial charge in [-0.1, -0.05) is 6.07 Å². The minimum Gasteiger partial charge on any atom is -0.496 e. The fourth-order valence-electron chi connectivity index (χ4n) is 5.32. The predicted molar refractivity (Wildman–Crippen MR) is 165 cm³/mol. The van der Waals surface area contributed by atoms with Crippen LogP contribution in [-0.4, -0.2) is 69.8 Å². The predicted octanol–water partition coefficient (Wildman–Crippen LogP) is 2.97. The number of ether oxygens (including phenoxy) is 1. The Morgan fingerprint density at radius 2 is 2.00 bits per heavy atom. The lowest BCUT2D eigenvalue weighted by molar-refractivity contribution is -0.128. The summed E-state index contributed by atoms with van der Waals surface area (Å²) in [7, 11) is 3.11. The lowest BCUT2D eigenvalue weighted by Gasteiger charge is -2.39. The Balaban J connectivity index is 1.35. The number of carbonyl (C=O) groups excluding carboxylic acids is 2. The van der Waals surface area contributed by atoms with Crippen molar-refractivity contribution in [1.82, 2.24) is 41.6 Å². The van der Waals surface area contributed by atoms with Crippen LogP contribution in [0.3, 0.4) is 0 Å². The Morgan fingerprint density at radius 3 is 2.77 bits per heavy atom. The maximum Gasteiger partial charge on any atom is 0.255 e. The molecule has 0 aliphatic carbocycles. The Hall–Kier alpha value is -4.62. The van der Waals surface area contributed by atoms with Crippen LogP contribution in [0.1, 0.15) is 34.5 Å². The maximum absolute atomic E-state index is 14.9. The first-order valence-corrected chi connectivity index (χ1v) is 14.2. The van der Waals surface area contributed by atoms with E-state index in [1.54, 1.807) is 31.4 Å². The van der Waals surface area contributed by atoms with E-state index in [4.69, 9.17) is 17.0 Å². The number of fused-ring (bicyclic) bond motifs is 1. The van der Waals surface area contributed by atoms with Gasteiger partial charge in [0.05, 0.1) is 18.7 Å². The van der Waals surface area contributed by atoms with Crippen molar-refractivity contribution in [2.45, 2.75) is 38.4 Å². The molecule has 224 valence electrons. The largest absolute Gasteiger partial charge is 0.496 e. The van der Waals surface area contributed by atoms with Gasteiger partial charge in [0.15, 0.2) is 5.11 Å². The monoisotopic (exact) mass is 604 g/mol. The van der Waals surface area contributed by atoms with Gasteiger partial charge in [0.2, 0.25) is 0 Å². The second-order valence-electron chi connectivity index (χ2n) is 10.3. The van der Waals surface area contributed by atoms with Crippen LogP contribution in [0, 0.1) is 12.7 Å². The SMILES string of the molecule is CNC(=S)NNC(=O)[C@@H]1CC[C@@H](NC(=O)c2ccc3[nH]nc(-c4ccnc(C)c4)c3c2)CN1Cc1c(F)cccc1OC. The first kappa shape index (κ1) is 29.9.